The van der Waals surface area contributed by atoms with Crippen molar-refractivity contribution in [3.63, 3.8) is 0 Å². The highest BCUT2D eigenvalue weighted by Gasteiger charge is 2.14. The first-order valence-corrected chi connectivity index (χ1v) is 10.1. The van der Waals surface area contributed by atoms with Crippen molar-refractivity contribution in [1.29, 1.82) is 0 Å². The van der Waals surface area contributed by atoms with Gasteiger partial charge >= 0.3 is 5.97 Å². The van der Waals surface area contributed by atoms with E-state index in [4.69, 9.17) is 0 Å². The number of hydrogen-bond acceptors (Lipinski definition) is 3. The lowest BCUT2D eigenvalue weighted by Gasteiger charge is -2.07. The fourth-order valence-corrected chi connectivity index (χ4v) is 3.55. The van der Waals surface area contributed by atoms with Crippen LogP contribution in [0.5, 0.6) is 0 Å². The summed E-state index contributed by atoms with van der Waals surface area (Å²) < 4.78 is 13.2. The second kappa shape index (κ2) is 9.28. The molecule has 0 aliphatic heterocycles. The molecule has 0 saturated heterocycles. The second-order valence-electron chi connectivity index (χ2n) is 7.34. The number of halogens is 1. The van der Waals surface area contributed by atoms with Crippen LogP contribution in [0, 0.1) is 15.9 Å². The monoisotopic (exact) mass is 439 g/mol. The maximum absolute atomic E-state index is 13.2. The summed E-state index contributed by atoms with van der Waals surface area (Å²) in [5.41, 5.74) is 4.27. The predicted octanol–water partition coefficient (Wildman–Crippen LogP) is 6.94. The molecule has 5 nitrogen and oxygen atoms in total. The summed E-state index contributed by atoms with van der Waals surface area (Å²) in [6.45, 7) is 0. The Kier molecular flexibility index (Phi) is 6.09. The van der Waals surface area contributed by atoms with Gasteiger partial charge in [0.1, 0.15) is 5.82 Å². The number of carboxylic acids is 1. The van der Waals surface area contributed by atoms with Gasteiger partial charge in [-0.05, 0) is 58.1 Å². The summed E-state index contributed by atoms with van der Waals surface area (Å²) >= 11 is 0. The zero-order valence-electron chi connectivity index (χ0n) is 17.3. The number of para-hydroxylation sites is 1. The van der Waals surface area contributed by atoms with Crippen molar-refractivity contribution in [2.24, 2.45) is 0 Å². The Morgan fingerprint density at radius 2 is 1.45 bits per heavy atom. The summed E-state index contributed by atoms with van der Waals surface area (Å²) in [6, 6.07) is 24.7. The fraction of sp³-hybridized carbons (Fsp3) is 0. The maximum atomic E-state index is 13.2. The van der Waals surface area contributed by atoms with Crippen LogP contribution in [-0.2, 0) is 0 Å². The number of nitro benzene ring substituents is 1. The van der Waals surface area contributed by atoms with Crippen molar-refractivity contribution >= 4 is 23.8 Å². The summed E-state index contributed by atoms with van der Waals surface area (Å²) in [6.07, 6.45) is 3.48. The fourth-order valence-electron chi connectivity index (χ4n) is 3.55. The van der Waals surface area contributed by atoms with E-state index in [1.807, 2.05) is 12.1 Å². The number of carbonyl (C=O) groups is 1. The minimum absolute atomic E-state index is 0.0319. The van der Waals surface area contributed by atoms with Crippen LogP contribution in [0.4, 0.5) is 10.1 Å². The van der Waals surface area contributed by atoms with Crippen LogP contribution in [0.1, 0.15) is 21.5 Å². The van der Waals surface area contributed by atoms with Gasteiger partial charge in [-0.3, -0.25) is 10.1 Å². The topological polar surface area (TPSA) is 80.4 Å². The largest absolute Gasteiger partial charge is 0.478 e. The summed E-state index contributed by atoms with van der Waals surface area (Å²) in [4.78, 5) is 22.5. The van der Waals surface area contributed by atoms with Crippen molar-refractivity contribution in [2.45, 2.75) is 0 Å². The van der Waals surface area contributed by atoms with Crippen LogP contribution in [0.3, 0.4) is 0 Å². The number of nitro groups is 1. The first kappa shape index (κ1) is 21.6. The highest BCUT2D eigenvalue weighted by molar-refractivity contribution is 5.94. The maximum Gasteiger partial charge on any atom is 0.336 e. The van der Waals surface area contributed by atoms with Crippen LogP contribution in [0.25, 0.3) is 34.4 Å². The van der Waals surface area contributed by atoms with E-state index in [1.165, 1.54) is 24.3 Å². The third-order valence-electron chi connectivity index (χ3n) is 5.24. The van der Waals surface area contributed by atoms with Gasteiger partial charge in [-0.15, -0.1) is 0 Å². The third-order valence-corrected chi connectivity index (χ3v) is 5.24. The number of rotatable bonds is 6. The van der Waals surface area contributed by atoms with Crippen LogP contribution in [0.2, 0.25) is 0 Å². The van der Waals surface area contributed by atoms with E-state index in [1.54, 1.807) is 66.7 Å². The molecule has 0 heterocycles. The molecule has 0 spiro atoms. The van der Waals surface area contributed by atoms with Gasteiger partial charge in [0.25, 0.3) is 5.69 Å². The Balaban J connectivity index is 1.65. The molecule has 0 fully saturated rings. The number of hydrogen-bond donors (Lipinski definition) is 1. The van der Waals surface area contributed by atoms with Crippen molar-refractivity contribution in [1.82, 2.24) is 0 Å². The van der Waals surface area contributed by atoms with Crippen molar-refractivity contribution in [3.05, 3.63) is 124 Å². The van der Waals surface area contributed by atoms with Gasteiger partial charge in [0.15, 0.2) is 0 Å². The summed E-state index contributed by atoms with van der Waals surface area (Å²) in [5, 5.41) is 20.8. The Bertz CT molecular complexity index is 1360. The molecule has 0 aromatic heterocycles. The molecule has 4 aromatic rings. The molecule has 0 unspecified atom stereocenters. The lowest BCUT2D eigenvalue weighted by molar-refractivity contribution is -0.384. The third kappa shape index (κ3) is 4.85. The standard InChI is InChI=1S/C27H18FNO4/c28-23-14-11-19(12-15-23)21-13-16-25(27(30)31)22(17-21)10-7-18-5-8-20(9-6-18)24-3-1-2-4-26(24)29(32)33/h1-17H,(H,30,31)/b10-7+. The van der Waals surface area contributed by atoms with E-state index in [9.17, 15) is 24.4 Å². The molecule has 0 radical (unpaired) electrons. The smallest absolute Gasteiger partial charge is 0.336 e. The zero-order chi connectivity index (χ0) is 23.4. The van der Waals surface area contributed by atoms with Gasteiger partial charge in [0, 0.05) is 6.07 Å². The Morgan fingerprint density at radius 3 is 2.12 bits per heavy atom. The minimum Gasteiger partial charge on any atom is -0.478 e. The normalized spacial score (nSPS) is 10.9. The molecule has 1 N–H and O–H groups in total. The zero-order valence-corrected chi connectivity index (χ0v) is 17.3. The molecule has 0 saturated carbocycles. The minimum atomic E-state index is -1.05. The molecule has 4 rings (SSSR count). The van der Waals surface area contributed by atoms with Gasteiger partial charge in [-0.2, -0.15) is 0 Å². The number of aromatic carboxylic acids is 1. The summed E-state index contributed by atoms with van der Waals surface area (Å²) in [5.74, 6) is -1.39. The number of nitrogens with zero attached hydrogens (tertiary/aromatic N) is 1. The van der Waals surface area contributed by atoms with Crippen LogP contribution in [-0.4, -0.2) is 16.0 Å². The molecule has 0 aliphatic carbocycles. The lowest BCUT2D eigenvalue weighted by Crippen LogP contribution is -1.99. The Morgan fingerprint density at radius 1 is 0.818 bits per heavy atom. The molecule has 0 amide bonds. The molecular formula is C27H18FNO4. The van der Waals surface area contributed by atoms with Gasteiger partial charge in [0.2, 0.25) is 0 Å². The highest BCUT2D eigenvalue weighted by Crippen LogP contribution is 2.30. The molecule has 4 aromatic carbocycles. The van der Waals surface area contributed by atoms with E-state index >= 15 is 0 Å². The first-order valence-electron chi connectivity index (χ1n) is 10.1. The van der Waals surface area contributed by atoms with E-state index in [2.05, 4.69) is 0 Å². The molecule has 0 bridgehead atoms. The van der Waals surface area contributed by atoms with Gasteiger partial charge in [-0.25, -0.2) is 9.18 Å². The number of benzene rings is 4. The number of carboxylic acid groups (broad SMARTS) is 1. The van der Waals surface area contributed by atoms with E-state index in [-0.39, 0.29) is 17.1 Å². The predicted molar refractivity (Wildman–Crippen MR) is 126 cm³/mol. The van der Waals surface area contributed by atoms with Crippen LogP contribution in [0.15, 0.2) is 91.0 Å². The van der Waals surface area contributed by atoms with Gasteiger partial charge in [0.05, 0.1) is 16.1 Å². The van der Waals surface area contributed by atoms with E-state index < -0.39 is 10.9 Å². The first-order chi connectivity index (χ1) is 15.9. The van der Waals surface area contributed by atoms with Crippen LogP contribution >= 0.6 is 0 Å². The SMILES string of the molecule is O=C(O)c1ccc(-c2ccc(F)cc2)cc1/C=C/c1ccc(-c2ccccc2[N+](=O)[O-])cc1. The second-order valence-corrected chi connectivity index (χ2v) is 7.34. The highest BCUT2D eigenvalue weighted by atomic mass is 19.1. The van der Waals surface area contributed by atoms with Gasteiger partial charge in [-0.1, -0.05) is 66.7 Å². The van der Waals surface area contributed by atoms with Crippen molar-refractivity contribution in [2.75, 3.05) is 0 Å². The van der Waals surface area contributed by atoms with Crippen molar-refractivity contribution < 1.29 is 19.2 Å². The molecule has 162 valence electrons. The molecule has 0 atom stereocenters. The van der Waals surface area contributed by atoms with Gasteiger partial charge < -0.3 is 5.11 Å². The van der Waals surface area contributed by atoms with E-state index in [0.29, 0.717) is 16.7 Å². The van der Waals surface area contributed by atoms with Crippen molar-refractivity contribution in [3.8, 4) is 22.3 Å². The van der Waals surface area contributed by atoms with Crippen LogP contribution < -0.4 is 0 Å². The average Bonchev–Trinajstić information content (AvgIpc) is 2.83. The molecule has 6 heteroatoms. The average molecular weight is 439 g/mol. The quantitative estimate of drug-likeness (QED) is 0.201. The Hall–Kier alpha value is -4.58. The molecule has 0 aliphatic rings. The summed E-state index contributed by atoms with van der Waals surface area (Å²) in [7, 11) is 0. The Labute approximate surface area is 189 Å². The van der Waals surface area contributed by atoms with E-state index in [0.717, 1.165) is 16.7 Å². The molecular weight excluding hydrogens is 421 g/mol. The molecule has 33 heavy (non-hydrogen) atoms. The lowest BCUT2D eigenvalue weighted by atomic mass is 9.98.